The van der Waals surface area contributed by atoms with Crippen molar-refractivity contribution < 1.29 is 14.3 Å². The Kier molecular flexibility index (Phi) is 4.59. The van der Waals surface area contributed by atoms with Gasteiger partial charge in [0.05, 0.1) is 13.7 Å². The highest BCUT2D eigenvalue weighted by molar-refractivity contribution is 5.76. The molecule has 1 heterocycles. The van der Waals surface area contributed by atoms with Crippen LogP contribution in [-0.4, -0.2) is 32.6 Å². The first-order valence-electron chi connectivity index (χ1n) is 6.33. The van der Waals surface area contributed by atoms with Gasteiger partial charge in [-0.15, -0.1) is 0 Å². The highest BCUT2D eigenvalue weighted by Gasteiger charge is 2.14. The van der Waals surface area contributed by atoms with Gasteiger partial charge >= 0.3 is 0 Å². The summed E-state index contributed by atoms with van der Waals surface area (Å²) in [7, 11) is 1.60. The van der Waals surface area contributed by atoms with Crippen LogP contribution in [0.2, 0.25) is 0 Å². The largest absolute Gasteiger partial charge is 0.493 e. The Morgan fingerprint density at radius 3 is 3.00 bits per heavy atom. The van der Waals surface area contributed by atoms with Crippen LogP contribution in [0.1, 0.15) is 29.6 Å². The molecule has 98 valence electrons. The average Bonchev–Trinajstić information content (AvgIpc) is 2.92. The number of nitrogens with one attached hydrogen (secondary N) is 1. The molecular formula is C14H19NO3. The molecule has 1 atom stereocenters. The molecule has 4 heteroatoms. The molecule has 0 saturated carbocycles. The highest BCUT2D eigenvalue weighted by atomic mass is 16.5. The van der Waals surface area contributed by atoms with Crippen molar-refractivity contribution in [3.8, 4) is 11.5 Å². The van der Waals surface area contributed by atoms with E-state index in [0.29, 0.717) is 29.7 Å². The first kappa shape index (κ1) is 12.9. The minimum absolute atomic E-state index is 0.560. The Hall–Kier alpha value is -1.55. The Balaban J connectivity index is 1.91. The lowest BCUT2D eigenvalue weighted by atomic mass is 10.2. The molecular weight excluding hydrogens is 230 g/mol. The van der Waals surface area contributed by atoms with Gasteiger partial charge in [-0.05, 0) is 44.0 Å². The van der Waals surface area contributed by atoms with Gasteiger partial charge in [0.25, 0.3) is 0 Å². The quantitative estimate of drug-likeness (QED) is 0.784. The SMILES string of the molecule is COc1ccc(C=O)cc1OCCC1CCCN1. The maximum absolute atomic E-state index is 10.7. The maximum atomic E-state index is 10.7. The fourth-order valence-electron chi connectivity index (χ4n) is 2.19. The van der Waals surface area contributed by atoms with Crippen LogP contribution < -0.4 is 14.8 Å². The molecule has 1 unspecified atom stereocenters. The van der Waals surface area contributed by atoms with Gasteiger partial charge in [-0.25, -0.2) is 0 Å². The van der Waals surface area contributed by atoms with E-state index in [1.54, 1.807) is 25.3 Å². The number of hydrogen-bond donors (Lipinski definition) is 1. The van der Waals surface area contributed by atoms with Crippen LogP contribution in [0.5, 0.6) is 11.5 Å². The molecule has 0 amide bonds. The zero-order valence-electron chi connectivity index (χ0n) is 10.6. The van der Waals surface area contributed by atoms with Gasteiger partial charge in [0, 0.05) is 11.6 Å². The molecule has 1 aliphatic rings. The van der Waals surface area contributed by atoms with Crippen LogP contribution in [0.15, 0.2) is 18.2 Å². The minimum atomic E-state index is 0.560. The molecule has 18 heavy (non-hydrogen) atoms. The Labute approximate surface area is 107 Å². The van der Waals surface area contributed by atoms with Crippen molar-refractivity contribution >= 4 is 6.29 Å². The first-order valence-corrected chi connectivity index (χ1v) is 6.33. The molecule has 1 fully saturated rings. The van der Waals surface area contributed by atoms with Crippen molar-refractivity contribution in [3.05, 3.63) is 23.8 Å². The number of benzene rings is 1. The predicted molar refractivity (Wildman–Crippen MR) is 69.5 cm³/mol. The normalized spacial score (nSPS) is 18.6. The summed E-state index contributed by atoms with van der Waals surface area (Å²) in [6.07, 6.45) is 4.25. The lowest BCUT2D eigenvalue weighted by Crippen LogP contribution is -2.23. The highest BCUT2D eigenvalue weighted by Crippen LogP contribution is 2.27. The van der Waals surface area contributed by atoms with Crippen LogP contribution in [0.25, 0.3) is 0 Å². The van der Waals surface area contributed by atoms with Crippen molar-refractivity contribution in [1.29, 1.82) is 0 Å². The van der Waals surface area contributed by atoms with Crippen LogP contribution in [0.3, 0.4) is 0 Å². The van der Waals surface area contributed by atoms with Crippen molar-refractivity contribution in [3.63, 3.8) is 0 Å². The lowest BCUT2D eigenvalue weighted by Gasteiger charge is -2.13. The molecule has 0 bridgehead atoms. The molecule has 1 N–H and O–H groups in total. The topological polar surface area (TPSA) is 47.6 Å². The first-order chi connectivity index (χ1) is 8.83. The van der Waals surface area contributed by atoms with Gasteiger partial charge in [-0.1, -0.05) is 0 Å². The van der Waals surface area contributed by atoms with E-state index in [1.807, 2.05) is 0 Å². The standard InChI is InChI=1S/C14H19NO3/c1-17-13-5-4-11(10-16)9-14(13)18-8-6-12-3-2-7-15-12/h4-5,9-10,12,15H,2-3,6-8H2,1H3. The number of aldehydes is 1. The summed E-state index contributed by atoms with van der Waals surface area (Å²) in [6.45, 7) is 1.74. The third kappa shape index (κ3) is 3.23. The maximum Gasteiger partial charge on any atom is 0.161 e. The van der Waals surface area contributed by atoms with Crippen LogP contribution in [0.4, 0.5) is 0 Å². The van der Waals surface area contributed by atoms with Gasteiger partial charge in [0.1, 0.15) is 6.29 Å². The minimum Gasteiger partial charge on any atom is -0.493 e. The summed E-state index contributed by atoms with van der Waals surface area (Å²) in [6, 6.07) is 5.75. The number of carbonyl (C=O) groups is 1. The summed E-state index contributed by atoms with van der Waals surface area (Å²) < 4.78 is 10.9. The Morgan fingerprint density at radius 2 is 2.33 bits per heavy atom. The number of rotatable bonds is 6. The van der Waals surface area contributed by atoms with E-state index in [1.165, 1.54) is 12.8 Å². The van der Waals surface area contributed by atoms with E-state index in [2.05, 4.69) is 5.32 Å². The number of methoxy groups -OCH3 is 1. The van der Waals surface area contributed by atoms with Gasteiger partial charge in [-0.2, -0.15) is 0 Å². The van der Waals surface area contributed by atoms with Crippen LogP contribution >= 0.6 is 0 Å². The number of hydrogen-bond acceptors (Lipinski definition) is 4. The van der Waals surface area contributed by atoms with Crippen molar-refractivity contribution in [2.24, 2.45) is 0 Å². The second-order valence-electron chi connectivity index (χ2n) is 4.46. The zero-order chi connectivity index (χ0) is 12.8. The van der Waals surface area contributed by atoms with Gasteiger partial charge in [0.15, 0.2) is 11.5 Å². The zero-order valence-corrected chi connectivity index (χ0v) is 10.6. The molecule has 2 rings (SSSR count). The predicted octanol–water partition coefficient (Wildman–Crippen LogP) is 2.03. The molecule has 0 aromatic heterocycles. The monoisotopic (exact) mass is 249 g/mol. The van der Waals surface area contributed by atoms with Crippen LogP contribution in [0, 0.1) is 0 Å². The van der Waals surface area contributed by atoms with E-state index in [4.69, 9.17) is 9.47 Å². The average molecular weight is 249 g/mol. The summed E-state index contributed by atoms with van der Waals surface area (Å²) in [4.78, 5) is 10.7. The number of carbonyl (C=O) groups excluding carboxylic acids is 1. The van der Waals surface area contributed by atoms with Crippen molar-refractivity contribution in [2.45, 2.75) is 25.3 Å². The van der Waals surface area contributed by atoms with E-state index in [0.717, 1.165) is 19.3 Å². The van der Waals surface area contributed by atoms with Gasteiger partial charge in [-0.3, -0.25) is 4.79 Å². The molecule has 1 aromatic rings. The number of ether oxygens (including phenoxy) is 2. The lowest BCUT2D eigenvalue weighted by molar-refractivity contribution is 0.112. The fourth-order valence-corrected chi connectivity index (χ4v) is 2.19. The molecule has 4 nitrogen and oxygen atoms in total. The Morgan fingerprint density at radius 1 is 1.44 bits per heavy atom. The molecule has 0 spiro atoms. The third-order valence-electron chi connectivity index (χ3n) is 3.21. The molecule has 0 radical (unpaired) electrons. The third-order valence-corrected chi connectivity index (χ3v) is 3.21. The second-order valence-corrected chi connectivity index (χ2v) is 4.46. The van der Waals surface area contributed by atoms with Crippen molar-refractivity contribution in [2.75, 3.05) is 20.3 Å². The Bertz CT molecular complexity index is 400. The van der Waals surface area contributed by atoms with E-state index in [-0.39, 0.29) is 0 Å². The van der Waals surface area contributed by atoms with Crippen molar-refractivity contribution in [1.82, 2.24) is 5.32 Å². The molecule has 1 aromatic carbocycles. The van der Waals surface area contributed by atoms with E-state index < -0.39 is 0 Å². The van der Waals surface area contributed by atoms with E-state index >= 15 is 0 Å². The van der Waals surface area contributed by atoms with Crippen LogP contribution in [-0.2, 0) is 0 Å². The summed E-state index contributed by atoms with van der Waals surface area (Å²) >= 11 is 0. The van der Waals surface area contributed by atoms with Gasteiger partial charge in [0.2, 0.25) is 0 Å². The molecule has 1 saturated heterocycles. The molecule has 0 aliphatic carbocycles. The summed E-state index contributed by atoms with van der Waals surface area (Å²) in [5.74, 6) is 1.31. The summed E-state index contributed by atoms with van der Waals surface area (Å²) in [5, 5.41) is 3.43. The molecule has 1 aliphatic heterocycles. The smallest absolute Gasteiger partial charge is 0.161 e. The fraction of sp³-hybridized carbons (Fsp3) is 0.500. The second kappa shape index (κ2) is 6.40. The van der Waals surface area contributed by atoms with Gasteiger partial charge < -0.3 is 14.8 Å². The summed E-state index contributed by atoms with van der Waals surface area (Å²) in [5.41, 5.74) is 0.602. The van der Waals surface area contributed by atoms with E-state index in [9.17, 15) is 4.79 Å².